The second kappa shape index (κ2) is 5.47. The highest BCUT2D eigenvalue weighted by Crippen LogP contribution is 2.41. The summed E-state index contributed by atoms with van der Waals surface area (Å²) in [5.74, 6) is -0.0634. The number of rotatable bonds is 2. The minimum absolute atomic E-state index is 0.359. The monoisotopic (exact) mass is 317 g/mol. The molecule has 7 nitrogen and oxygen atoms in total. The number of hydrogen-bond acceptors (Lipinski definition) is 5. The third kappa shape index (κ3) is 2.80. The second-order valence-corrected chi connectivity index (χ2v) is 6.24. The maximum Gasteiger partial charge on any atom is 0.409 e. The molecular formula is C16H19N3O4. The van der Waals surface area contributed by atoms with E-state index in [1.54, 1.807) is 46.0 Å². The Balaban J connectivity index is 2.48. The molecule has 122 valence electrons. The number of fused-ring (bicyclic) bond motifs is 1. The Bertz CT molecular complexity index is 702. The predicted molar refractivity (Wildman–Crippen MR) is 83.1 cm³/mol. The number of hydrogen-bond donors (Lipinski definition) is 1. The van der Waals surface area contributed by atoms with E-state index in [0.717, 1.165) is 0 Å². The van der Waals surface area contributed by atoms with Gasteiger partial charge in [0.2, 0.25) is 5.54 Å². The van der Waals surface area contributed by atoms with Crippen LogP contribution in [0.5, 0.6) is 5.75 Å². The van der Waals surface area contributed by atoms with E-state index in [4.69, 9.17) is 9.47 Å². The van der Waals surface area contributed by atoms with E-state index >= 15 is 0 Å². The number of alkyl carbamates (subject to hydrolysis) is 1. The summed E-state index contributed by atoms with van der Waals surface area (Å²) in [6, 6.07) is 6.84. The SMILES string of the molecule is COc1ccc2c(c1)[C@](C#N)(NC(=O)OC(C)(C)C)C(=O)N2C. The van der Waals surface area contributed by atoms with Gasteiger partial charge in [-0.05, 0) is 39.0 Å². The van der Waals surface area contributed by atoms with Crippen molar-refractivity contribution in [3.63, 3.8) is 0 Å². The van der Waals surface area contributed by atoms with Crippen molar-refractivity contribution in [3.8, 4) is 11.8 Å². The zero-order chi connectivity index (χ0) is 17.4. The third-order valence-electron chi connectivity index (χ3n) is 3.45. The number of nitrogens with zero attached hydrogens (tertiary/aromatic N) is 2. The van der Waals surface area contributed by atoms with Crippen LogP contribution in [0.4, 0.5) is 10.5 Å². The summed E-state index contributed by atoms with van der Waals surface area (Å²) in [4.78, 5) is 26.0. The zero-order valence-corrected chi connectivity index (χ0v) is 13.8. The molecular weight excluding hydrogens is 298 g/mol. The largest absolute Gasteiger partial charge is 0.497 e. The quantitative estimate of drug-likeness (QED) is 0.899. The molecule has 1 aromatic carbocycles. The average Bonchev–Trinajstić information content (AvgIpc) is 2.67. The van der Waals surface area contributed by atoms with Crippen LogP contribution < -0.4 is 15.0 Å². The number of amides is 2. The summed E-state index contributed by atoms with van der Waals surface area (Å²) in [7, 11) is 3.03. The number of likely N-dealkylation sites (N-methyl/N-ethyl adjacent to an activating group) is 1. The summed E-state index contributed by atoms with van der Waals surface area (Å²) in [6.45, 7) is 5.10. The Labute approximate surface area is 134 Å². The lowest BCUT2D eigenvalue weighted by atomic mass is 9.93. The van der Waals surface area contributed by atoms with E-state index in [2.05, 4.69) is 5.32 Å². The molecule has 0 aromatic heterocycles. The van der Waals surface area contributed by atoms with Crippen LogP contribution in [-0.4, -0.2) is 31.8 Å². The molecule has 0 radical (unpaired) electrons. The van der Waals surface area contributed by atoms with Gasteiger partial charge in [-0.3, -0.25) is 10.1 Å². The van der Waals surface area contributed by atoms with Gasteiger partial charge in [0.25, 0.3) is 5.91 Å². The number of ether oxygens (including phenoxy) is 2. The van der Waals surface area contributed by atoms with Crippen molar-refractivity contribution < 1.29 is 19.1 Å². The van der Waals surface area contributed by atoms with Gasteiger partial charge in [-0.2, -0.15) is 5.26 Å². The Kier molecular flexibility index (Phi) is 3.95. The van der Waals surface area contributed by atoms with E-state index in [-0.39, 0.29) is 0 Å². The fourth-order valence-corrected chi connectivity index (χ4v) is 2.42. The van der Waals surface area contributed by atoms with Crippen molar-refractivity contribution in [2.24, 2.45) is 0 Å². The van der Waals surface area contributed by atoms with Crippen molar-refractivity contribution in [1.82, 2.24) is 5.32 Å². The predicted octanol–water partition coefficient (Wildman–Crippen LogP) is 1.92. The fraction of sp³-hybridized carbons (Fsp3) is 0.438. The normalized spacial score (nSPS) is 19.8. The number of anilines is 1. The van der Waals surface area contributed by atoms with Gasteiger partial charge < -0.3 is 14.4 Å². The lowest BCUT2D eigenvalue weighted by molar-refractivity contribution is -0.122. The molecule has 1 atom stereocenters. The van der Waals surface area contributed by atoms with Gasteiger partial charge in [-0.15, -0.1) is 0 Å². The molecule has 2 rings (SSSR count). The van der Waals surface area contributed by atoms with Gasteiger partial charge in [0.1, 0.15) is 17.4 Å². The number of carbonyl (C=O) groups is 2. The molecule has 0 aliphatic carbocycles. The van der Waals surface area contributed by atoms with Crippen LogP contribution in [-0.2, 0) is 15.1 Å². The third-order valence-corrected chi connectivity index (χ3v) is 3.45. The van der Waals surface area contributed by atoms with Crippen LogP contribution >= 0.6 is 0 Å². The molecule has 1 heterocycles. The van der Waals surface area contributed by atoms with Gasteiger partial charge in [0.15, 0.2) is 0 Å². The van der Waals surface area contributed by atoms with Crippen LogP contribution in [0.3, 0.4) is 0 Å². The molecule has 1 aliphatic heterocycles. The van der Waals surface area contributed by atoms with Gasteiger partial charge in [-0.1, -0.05) is 0 Å². The van der Waals surface area contributed by atoms with Crippen molar-refractivity contribution in [3.05, 3.63) is 23.8 Å². The highest BCUT2D eigenvalue weighted by atomic mass is 16.6. The van der Waals surface area contributed by atoms with Crippen LogP contribution in [0.15, 0.2) is 18.2 Å². The van der Waals surface area contributed by atoms with E-state index in [1.807, 2.05) is 6.07 Å². The minimum atomic E-state index is -1.83. The topological polar surface area (TPSA) is 91.7 Å². The average molecular weight is 317 g/mol. The molecule has 2 amide bonds. The van der Waals surface area contributed by atoms with E-state index in [0.29, 0.717) is 17.0 Å². The molecule has 0 spiro atoms. The number of methoxy groups -OCH3 is 1. The lowest BCUT2D eigenvalue weighted by Gasteiger charge is -2.25. The summed E-state index contributed by atoms with van der Waals surface area (Å²) < 4.78 is 10.3. The molecule has 0 bridgehead atoms. The number of nitrogens with one attached hydrogen (secondary N) is 1. The molecule has 1 aliphatic rings. The van der Waals surface area contributed by atoms with Crippen LogP contribution in [0, 0.1) is 11.3 Å². The number of carbonyl (C=O) groups excluding carboxylic acids is 2. The van der Waals surface area contributed by atoms with Gasteiger partial charge >= 0.3 is 6.09 Å². The molecule has 0 fully saturated rings. The second-order valence-electron chi connectivity index (χ2n) is 6.24. The Morgan fingerprint density at radius 3 is 2.57 bits per heavy atom. The standard InChI is InChI=1S/C16H19N3O4/c1-15(2,3)23-14(21)18-16(9-17)11-8-10(22-5)6-7-12(11)19(4)13(16)20/h6-8H,1-5H3,(H,18,21)/t16-/m0/s1. The number of benzene rings is 1. The maximum absolute atomic E-state index is 12.6. The van der Waals surface area contributed by atoms with Crippen molar-refractivity contribution in [2.45, 2.75) is 31.9 Å². The van der Waals surface area contributed by atoms with E-state index in [9.17, 15) is 14.9 Å². The first kappa shape index (κ1) is 16.6. The summed E-state index contributed by atoms with van der Waals surface area (Å²) in [5, 5.41) is 12.1. The molecule has 1 aromatic rings. The Morgan fingerprint density at radius 2 is 2.04 bits per heavy atom. The van der Waals surface area contributed by atoms with Crippen molar-refractivity contribution in [1.29, 1.82) is 5.26 Å². The Hall–Kier alpha value is -2.75. The molecule has 1 N–H and O–H groups in total. The highest BCUT2D eigenvalue weighted by Gasteiger charge is 2.52. The fourth-order valence-electron chi connectivity index (χ4n) is 2.42. The van der Waals surface area contributed by atoms with Gasteiger partial charge in [0, 0.05) is 12.6 Å². The molecule has 7 heteroatoms. The van der Waals surface area contributed by atoms with Crippen LogP contribution in [0.2, 0.25) is 0 Å². The highest BCUT2D eigenvalue weighted by molar-refractivity contribution is 6.11. The summed E-state index contributed by atoms with van der Waals surface area (Å²) in [5.41, 5.74) is -1.68. The number of nitriles is 1. The molecule has 23 heavy (non-hydrogen) atoms. The first-order chi connectivity index (χ1) is 10.6. The minimum Gasteiger partial charge on any atom is -0.497 e. The van der Waals surface area contributed by atoms with E-state index < -0.39 is 23.1 Å². The molecule has 0 saturated carbocycles. The van der Waals surface area contributed by atoms with Crippen molar-refractivity contribution >= 4 is 17.7 Å². The zero-order valence-electron chi connectivity index (χ0n) is 13.8. The molecule has 0 unspecified atom stereocenters. The van der Waals surface area contributed by atoms with Gasteiger partial charge in [0.05, 0.1) is 12.8 Å². The van der Waals surface area contributed by atoms with Gasteiger partial charge in [-0.25, -0.2) is 4.79 Å². The molecule has 0 saturated heterocycles. The summed E-state index contributed by atoms with van der Waals surface area (Å²) >= 11 is 0. The first-order valence-corrected chi connectivity index (χ1v) is 7.03. The summed E-state index contributed by atoms with van der Waals surface area (Å²) in [6.07, 6.45) is -0.837. The van der Waals surface area contributed by atoms with Crippen LogP contribution in [0.25, 0.3) is 0 Å². The van der Waals surface area contributed by atoms with Crippen molar-refractivity contribution in [2.75, 3.05) is 19.1 Å². The smallest absolute Gasteiger partial charge is 0.409 e. The lowest BCUT2D eigenvalue weighted by Crippen LogP contribution is -2.52. The van der Waals surface area contributed by atoms with Crippen LogP contribution in [0.1, 0.15) is 26.3 Å². The maximum atomic E-state index is 12.6. The van der Waals surface area contributed by atoms with E-state index in [1.165, 1.54) is 12.0 Å². The first-order valence-electron chi connectivity index (χ1n) is 7.03. The Morgan fingerprint density at radius 1 is 1.39 bits per heavy atom.